The van der Waals surface area contributed by atoms with Crippen molar-refractivity contribution in [3.05, 3.63) is 0 Å². The molecule has 1 amide bonds. The summed E-state index contributed by atoms with van der Waals surface area (Å²) in [6.45, 7) is 4.48. The minimum atomic E-state index is -0.582. The molecule has 0 unspecified atom stereocenters. The Balaban J connectivity index is 3.57. The molecule has 0 aromatic heterocycles. The summed E-state index contributed by atoms with van der Waals surface area (Å²) in [6.07, 6.45) is 2.05. The third kappa shape index (κ3) is 4.31. The molecular weight excluding hydrogens is 154 g/mol. The Kier molecular flexibility index (Phi) is 5.66. The van der Waals surface area contributed by atoms with Gasteiger partial charge in [-0.2, -0.15) is 0 Å². The highest BCUT2D eigenvalue weighted by Crippen LogP contribution is 1.87. The van der Waals surface area contributed by atoms with E-state index in [1.165, 1.54) is 0 Å². The van der Waals surface area contributed by atoms with Gasteiger partial charge in [-0.05, 0) is 13.3 Å². The number of hydrogen-bond donors (Lipinski definition) is 3. The molecular formula is C8H19N3O. The van der Waals surface area contributed by atoms with E-state index in [1.54, 1.807) is 6.92 Å². The molecule has 0 aromatic rings. The first kappa shape index (κ1) is 11.4. The summed E-state index contributed by atoms with van der Waals surface area (Å²) in [4.78, 5) is 11.1. The van der Waals surface area contributed by atoms with Crippen LogP contribution in [0.4, 0.5) is 0 Å². The number of hydrogen-bond acceptors (Lipinski definition) is 3. The van der Waals surface area contributed by atoms with Gasteiger partial charge in [0.05, 0.1) is 6.04 Å². The predicted molar refractivity (Wildman–Crippen MR) is 49.5 cm³/mol. The largest absolute Gasteiger partial charge is 0.355 e. The van der Waals surface area contributed by atoms with Gasteiger partial charge in [0.15, 0.2) is 0 Å². The highest BCUT2D eigenvalue weighted by Gasteiger charge is 2.16. The summed E-state index contributed by atoms with van der Waals surface area (Å²) < 4.78 is 0. The van der Waals surface area contributed by atoms with Crippen LogP contribution in [0, 0.1) is 0 Å². The highest BCUT2D eigenvalue weighted by atomic mass is 16.2. The average Bonchev–Trinajstić information content (AvgIpc) is 2.03. The molecule has 2 atom stereocenters. The second-order valence-electron chi connectivity index (χ2n) is 3.03. The van der Waals surface area contributed by atoms with Gasteiger partial charge < -0.3 is 16.8 Å². The molecule has 72 valence electrons. The van der Waals surface area contributed by atoms with E-state index in [-0.39, 0.29) is 11.9 Å². The van der Waals surface area contributed by atoms with E-state index in [9.17, 15) is 4.79 Å². The maximum Gasteiger partial charge on any atom is 0.238 e. The lowest BCUT2D eigenvalue weighted by Gasteiger charge is -2.14. The Bertz CT molecular complexity index is 136. The molecule has 0 aromatic carbocycles. The van der Waals surface area contributed by atoms with E-state index >= 15 is 0 Å². The van der Waals surface area contributed by atoms with Gasteiger partial charge in [0.1, 0.15) is 0 Å². The maximum atomic E-state index is 11.1. The lowest BCUT2D eigenvalue weighted by molar-refractivity contribution is -0.122. The Morgan fingerprint density at radius 2 is 2.08 bits per heavy atom. The SMILES string of the molecule is CCCCNC(=O)[C@@H](N)[C@H](C)N. The number of nitrogens with two attached hydrogens (primary N) is 2. The predicted octanol–water partition coefficient (Wildman–Crippen LogP) is -0.423. The smallest absolute Gasteiger partial charge is 0.238 e. The summed E-state index contributed by atoms with van der Waals surface area (Å²) in [5, 5.41) is 2.72. The molecule has 0 saturated carbocycles. The Labute approximate surface area is 73.7 Å². The molecule has 5 N–H and O–H groups in total. The second-order valence-corrected chi connectivity index (χ2v) is 3.03. The Morgan fingerprint density at radius 3 is 2.50 bits per heavy atom. The third-order valence-electron chi connectivity index (χ3n) is 1.70. The zero-order valence-corrected chi connectivity index (χ0v) is 7.84. The molecule has 0 rings (SSSR count). The van der Waals surface area contributed by atoms with Gasteiger partial charge in [-0.3, -0.25) is 4.79 Å². The van der Waals surface area contributed by atoms with Crippen molar-refractivity contribution in [2.45, 2.75) is 38.8 Å². The fourth-order valence-corrected chi connectivity index (χ4v) is 0.745. The van der Waals surface area contributed by atoms with E-state index in [4.69, 9.17) is 11.5 Å². The summed E-state index contributed by atoms with van der Waals surface area (Å²) in [7, 11) is 0. The van der Waals surface area contributed by atoms with Crippen molar-refractivity contribution in [2.24, 2.45) is 11.5 Å². The first-order chi connectivity index (χ1) is 5.59. The standard InChI is InChI=1S/C8H19N3O/c1-3-4-5-11-8(12)7(10)6(2)9/h6-7H,3-5,9-10H2,1-2H3,(H,11,12)/t6-,7-/m0/s1. The van der Waals surface area contributed by atoms with Crippen LogP contribution in [-0.4, -0.2) is 24.5 Å². The zero-order chi connectivity index (χ0) is 9.56. The first-order valence-electron chi connectivity index (χ1n) is 4.38. The quantitative estimate of drug-likeness (QED) is 0.494. The number of carbonyl (C=O) groups is 1. The average molecular weight is 173 g/mol. The monoisotopic (exact) mass is 173 g/mol. The van der Waals surface area contributed by atoms with Crippen LogP contribution >= 0.6 is 0 Å². The van der Waals surface area contributed by atoms with Gasteiger partial charge in [0.2, 0.25) is 5.91 Å². The van der Waals surface area contributed by atoms with E-state index in [2.05, 4.69) is 12.2 Å². The lowest BCUT2D eigenvalue weighted by Crippen LogP contribution is -2.50. The summed E-state index contributed by atoms with van der Waals surface area (Å²) >= 11 is 0. The lowest BCUT2D eigenvalue weighted by atomic mass is 10.1. The van der Waals surface area contributed by atoms with Crippen LogP contribution in [0.1, 0.15) is 26.7 Å². The molecule has 0 aliphatic rings. The Hall–Kier alpha value is -0.610. The van der Waals surface area contributed by atoms with E-state index < -0.39 is 6.04 Å². The van der Waals surface area contributed by atoms with Gasteiger partial charge in [-0.25, -0.2) is 0 Å². The first-order valence-corrected chi connectivity index (χ1v) is 4.38. The molecule has 0 radical (unpaired) electrons. The van der Waals surface area contributed by atoms with Crippen molar-refractivity contribution in [2.75, 3.05) is 6.54 Å². The molecule has 4 heteroatoms. The number of rotatable bonds is 5. The van der Waals surface area contributed by atoms with Gasteiger partial charge in [-0.15, -0.1) is 0 Å². The van der Waals surface area contributed by atoms with Gasteiger partial charge >= 0.3 is 0 Å². The van der Waals surface area contributed by atoms with Crippen LogP contribution in [-0.2, 0) is 4.79 Å². The van der Waals surface area contributed by atoms with E-state index in [0.29, 0.717) is 6.54 Å². The summed E-state index contributed by atoms with van der Waals surface area (Å²) in [5.74, 6) is -0.154. The van der Waals surface area contributed by atoms with Gasteiger partial charge in [-0.1, -0.05) is 13.3 Å². The molecule has 0 heterocycles. The Morgan fingerprint density at radius 1 is 1.50 bits per heavy atom. The molecule has 4 nitrogen and oxygen atoms in total. The van der Waals surface area contributed by atoms with Gasteiger partial charge in [0.25, 0.3) is 0 Å². The molecule has 0 aliphatic carbocycles. The number of carbonyl (C=O) groups excluding carboxylic acids is 1. The topological polar surface area (TPSA) is 81.1 Å². The van der Waals surface area contributed by atoms with Crippen molar-refractivity contribution in [3.8, 4) is 0 Å². The molecule has 0 fully saturated rings. The third-order valence-corrected chi connectivity index (χ3v) is 1.70. The van der Waals surface area contributed by atoms with Crippen LogP contribution in [0.5, 0.6) is 0 Å². The van der Waals surface area contributed by atoms with E-state index in [0.717, 1.165) is 12.8 Å². The number of nitrogens with one attached hydrogen (secondary N) is 1. The minimum Gasteiger partial charge on any atom is -0.355 e. The van der Waals surface area contributed by atoms with Crippen LogP contribution in [0.25, 0.3) is 0 Å². The normalized spacial score (nSPS) is 15.3. The van der Waals surface area contributed by atoms with E-state index in [1.807, 2.05) is 0 Å². The molecule has 0 aliphatic heterocycles. The molecule has 0 bridgehead atoms. The summed E-state index contributed by atoms with van der Waals surface area (Å²) in [5.41, 5.74) is 11.0. The van der Waals surface area contributed by atoms with Crippen molar-refractivity contribution in [1.29, 1.82) is 0 Å². The zero-order valence-electron chi connectivity index (χ0n) is 7.84. The van der Waals surface area contributed by atoms with Crippen LogP contribution in [0.2, 0.25) is 0 Å². The molecule has 12 heavy (non-hydrogen) atoms. The van der Waals surface area contributed by atoms with Crippen molar-refractivity contribution < 1.29 is 4.79 Å². The maximum absolute atomic E-state index is 11.1. The van der Waals surface area contributed by atoms with Crippen molar-refractivity contribution in [3.63, 3.8) is 0 Å². The molecule has 0 saturated heterocycles. The number of unbranched alkanes of at least 4 members (excludes halogenated alkanes) is 1. The van der Waals surface area contributed by atoms with Crippen molar-refractivity contribution >= 4 is 5.91 Å². The molecule has 0 spiro atoms. The van der Waals surface area contributed by atoms with Gasteiger partial charge in [0, 0.05) is 12.6 Å². The fourth-order valence-electron chi connectivity index (χ4n) is 0.745. The van der Waals surface area contributed by atoms with Crippen LogP contribution < -0.4 is 16.8 Å². The fraction of sp³-hybridized carbons (Fsp3) is 0.875. The minimum absolute atomic E-state index is 0.154. The van der Waals surface area contributed by atoms with Crippen LogP contribution in [0.3, 0.4) is 0 Å². The highest BCUT2D eigenvalue weighted by molar-refractivity contribution is 5.82. The second kappa shape index (κ2) is 5.97. The number of amides is 1. The summed E-state index contributed by atoms with van der Waals surface area (Å²) in [6, 6.07) is -0.867. The van der Waals surface area contributed by atoms with Crippen molar-refractivity contribution in [1.82, 2.24) is 5.32 Å². The van der Waals surface area contributed by atoms with Crippen LogP contribution in [0.15, 0.2) is 0 Å².